The van der Waals surface area contributed by atoms with Crippen LogP contribution >= 0.6 is 23.2 Å². The lowest BCUT2D eigenvalue weighted by atomic mass is 10.0. The number of pyridine rings is 1. The summed E-state index contributed by atoms with van der Waals surface area (Å²) in [6.45, 7) is 4.24. The van der Waals surface area contributed by atoms with Crippen molar-refractivity contribution in [3.63, 3.8) is 0 Å². The van der Waals surface area contributed by atoms with Gasteiger partial charge in [-0.3, -0.25) is 4.98 Å². The van der Waals surface area contributed by atoms with E-state index < -0.39 is 0 Å². The zero-order chi connectivity index (χ0) is 10.5. The van der Waals surface area contributed by atoms with Gasteiger partial charge < -0.3 is 5.73 Å². The molecule has 0 radical (unpaired) electrons. The van der Waals surface area contributed by atoms with Crippen LogP contribution in [0.3, 0.4) is 0 Å². The molecule has 14 heavy (non-hydrogen) atoms. The first-order valence-corrected chi connectivity index (χ1v) is 5.26. The fourth-order valence-electron chi connectivity index (χ4n) is 1.95. The van der Waals surface area contributed by atoms with E-state index in [1.54, 1.807) is 12.4 Å². The lowest BCUT2D eigenvalue weighted by Crippen LogP contribution is -2.06. The molecule has 0 aliphatic heterocycles. The molecule has 4 heteroatoms. The van der Waals surface area contributed by atoms with E-state index in [1.165, 1.54) is 0 Å². The number of aromatic nitrogens is 1. The molecule has 1 aromatic rings. The monoisotopic (exact) mass is 230 g/mol. The lowest BCUT2D eigenvalue weighted by Gasteiger charge is -2.06. The highest BCUT2D eigenvalue weighted by molar-refractivity contribution is 6.36. The first-order valence-electron chi connectivity index (χ1n) is 4.50. The normalized spacial score (nSPS) is 28.9. The van der Waals surface area contributed by atoms with Crippen LogP contribution in [-0.2, 0) is 0 Å². The van der Waals surface area contributed by atoms with Gasteiger partial charge in [-0.15, -0.1) is 0 Å². The highest BCUT2D eigenvalue weighted by atomic mass is 35.5. The average Bonchev–Trinajstić information content (AvgIpc) is 2.54. The Kier molecular flexibility index (Phi) is 2.25. The van der Waals surface area contributed by atoms with Gasteiger partial charge in [0.1, 0.15) is 0 Å². The van der Waals surface area contributed by atoms with Gasteiger partial charge in [0.05, 0.1) is 10.0 Å². The Bertz CT molecular complexity index is 356. The van der Waals surface area contributed by atoms with Gasteiger partial charge in [0, 0.05) is 24.4 Å². The fraction of sp³-hybridized carbons (Fsp3) is 0.500. The Balaban J connectivity index is 2.44. The predicted octanol–water partition coefficient (Wildman–Crippen LogP) is 2.84. The second-order valence-electron chi connectivity index (χ2n) is 4.34. The van der Waals surface area contributed by atoms with Gasteiger partial charge in [0.2, 0.25) is 0 Å². The molecule has 1 aromatic heterocycles. The average molecular weight is 231 g/mol. The van der Waals surface area contributed by atoms with Crippen LogP contribution in [0.5, 0.6) is 0 Å². The highest BCUT2D eigenvalue weighted by Gasteiger charge is 2.57. The fourth-order valence-corrected chi connectivity index (χ4v) is 2.55. The summed E-state index contributed by atoms with van der Waals surface area (Å²) in [6, 6.07) is 0.139. The van der Waals surface area contributed by atoms with Crippen LogP contribution in [-0.4, -0.2) is 11.0 Å². The Morgan fingerprint density at radius 2 is 1.71 bits per heavy atom. The molecule has 1 saturated carbocycles. The third-order valence-electron chi connectivity index (χ3n) is 3.11. The molecule has 0 amide bonds. The minimum absolute atomic E-state index is 0.0919. The van der Waals surface area contributed by atoms with Gasteiger partial charge in [0.15, 0.2) is 0 Å². The maximum Gasteiger partial charge on any atom is 0.0639 e. The lowest BCUT2D eigenvalue weighted by molar-refractivity contribution is 0.599. The first-order chi connectivity index (χ1) is 6.46. The van der Waals surface area contributed by atoms with Crippen LogP contribution in [0.25, 0.3) is 0 Å². The van der Waals surface area contributed by atoms with Crippen molar-refractivity contribution in [2.75, 3.05) is 0 Å². The van der Waals surface area contributed by atoms with Gasteiger partial charge in [-0.25, -0.2) is 0 Å². The molecule has 1 fully saturated rings. The molecule has 1 aliphatic rings. The molecule has 2 N–H and O–H groups in total. The second-order valence-corrected chi connectivity index (χ2v) is 5.16. The van der Waals surface area contributed by atoms with E-state index in [-0.39, 0.29) is 17.4 Å². The van der Waals surface area contributed by atoms with Crippen LogP contribution < -0.4 is 5.73 Å². The molecule has 2 rings (SSSR count). The van der Waals surface area contributed by atoms with Crippen molar-refractivity contribution < 1.29 is 0 Å². The molecular formula is C10H12Cl2N2. The Hall–Kier alpha value is -0.310. The maximum absolute atomic E-state index is 6.05. The van der Waals surface area contributed by atoms with E-state index in [4.69, 9.17) is 28.9 Å². The smallest absolute Gasteiger partial charge is 0.0639 e. The van der Waals surface area contributed by atoms with Crippen LogP contribution in [0.2, 0.25) is 10.0 Å². The molecule has 0 spiro atoms. The summed E-state index contributed by atoms with van der Waals surface area (Å²) in [5.41, 5.74) is 7.01. The second kappa shape index (κ2) is 3.09. The molecule has 1 heterocycles. The molecule has 2 nitrogen and oxygen atoms in total. The van der Waals surface area contributed by atoms with E-state index in [9.17, 15) is 0 Å². The van der Waals surface area contributed by atoms with E-state index in [0.29, 0.717) is 10.0 Å². The predicted molar refractivity (Wildman–Crippen MR) is 58.8 cm³/mol. The summed E-state index contributed by atoms with van der Waals surface area (Å²) >= 11 is 12.1. The van der Waals surface area contributed by atoms with Gasteiger partial charge in [-0.05, 0) is 11.0 Å². The topological polar surface area (TPSA) is 38.9 Å². The van der Waals surface area contributed by atoms with Crippen LogP contribution in [0.4, 0.5) is 0 Å². The maximum atomic E-state index is 6.05. The quantitative estimate of drug-likeness (QED) is 0.807. The minimum atomic E-state index is 0.0919. The summed E-state index contributed by atoms with van der Waals surface area (Å²) in [6.07, 6.45) is 3.23. The number of nitrogens with zero attached hydrogens (tertiary/aromatic N) is 1. The minimum Gasteiger partial charge on any atom is -0.327 e. The first kappa shape index (κ1) is 10.2. The van der Waals surface area contributed by atoms with Crippen LogP contribution in [0.1, 0.15) is 25.3 Å². The summed E-state index contributed by atoms with van der Waals surface area (Å²) in [5, 5.41) is 1.23. The molecule has 0 bridgehead atoms. The van der Waals surface area contributed by atoms with Crippen molar-refractivity contribution in [2.45, 2.75) is 25.8 Å². The van der Waals surface area contributed by atoms with Crippen molar-refractivity contribution >= 4 is 23.2 Å². The van der Waals surface area contributed by atoms with Crippen molar-refractivity contribution in [3.8, 4) is 0 Å². The molecule has 0 aromatic carbocycles. The van der Waals surface area contributed by atoms with Crippen molar-refractivity contribution in [1.29, 1.82) is 0 Å². The van der Waals surface area contributed by atoms with Crippen molar-refractivity contribution in [2.24, 2.45) is 11.1 Å². The Morgan fingerprint density at radius 1 is 1.29 bits per heavy atom. The van der Waals surface area contributed by atoms with E-state index in [0.717, 1.165) is 5.56 Å². The molecule has 0 saturated heterocycles. The summed E-state index contributed by atoms with van der Waals surface area (Å²) in [4.78, 5) is 3.92. The molecule has 76 valence electrons. The number of halogens is 2. The third kappa shape index (κ3) is 1.33. The van der Waals surface area contributed by atoms with Crippen LogP contribution in [0, 0.1) is 5.41 Å². The Labute approximate surface area is 93.4 Å². The largest absolute Gasteiger partial charge is 0.327 e. The summed E-state index contributed by atoms with van der Waals surface area (Å²) in [5.74, 6) is 0.255. The zero-order valence-corrected chi connectivity index (χ0v) is 9.60. The summed E-state index contributed by atoms with van der Waals surface area (Å²) < 4.78 is 0. The molecular weight excluding hydrogens is 219 g/mol. The number of hydrogen-bond acceptors (Lipinski definition) is 2. The standard InChI is InChI=1S/C10H12Cl2N2/c1-10(2)8(9(10)13)7-5(11)3-14-4-6(7)12/h3-4,8-9H,13H2,1-2H3. The van der Waals surface area contributed by atoms with Crippen LogP contribution in [0.15, 0.2) is 12.4 Å². The van der Waals surface area contributed by atoms with E-state index in [2.05, 4.69) is 18.8 Å². The van der Waals surface area contributed by atoms with Gasteiger partial charge in [0.25, 0.3) is 0 Å². The number of hydrogen-bond donors (Lipinski definition) is 1. The summed E-state index contributed by atoms with van der Waals surface area (Å²) in [7, 11) is 0. The van der Waals surface area contributed by atoms with Gasteiger partial charge in [-0.2, -0.15) is 0 Å². The van der Waals surface area contributed by atoms with Crippen molar-refractivity contribution in [1.82, 2.24) is 4.98 Å². The number of rotatable bonds is 1. The molecule has 2 atom stereocenters. The SMILES string of the molecule is CC1(C)C(N)C1c1c(Cl)cncc1Cl. The van der Waals surface area contributed by atoms with Gasteiger partial charge in [-0.1, -0.05) is 37.0 Å². The number of nitrogens with two attached hydrogens (primary N) is 1. The molecule has 2 unspecified atom stereocenters. The zero-order valence-electron chi connectivity index (χ0n) is 8.09. The van der Waals surface area contributed by atoms with Gasteiger partial charge >= 0.3 is 0 Å². The van der Waals surface area contributed by atoms with Crippen molar-refractivity contribution in [3.05, 3.63) is 28.0 Å². The molecule has 1 aliphatic carbocycles. The highest BCUT2D eigenvalue weighted by Crippen LogP contribution is 2.59. The van der Waals surface area contributed by atoms with E-state index >= 15 is 0 Å². The van der Waals surface area contributed by atoms with E-state index in [1.807, 2.05) is 0 Å². The third-order valence-corrected chi connectivity index (χ3v) is 3.71. The Morgan fingerprint density at radius 3 is 2.07 bits per heavy atom.